The predicted octanol–water partition coefficient (Wildman–Crippen LogP) is 5.23. The molecule has 4 heterocycles. The van der Waals surface area contributed by atoms with Gasteiger partial charge >= 0.3 is 0 Å². The average Bonchev–Trinajstić information content (AvgIpc) is 3.26. The fourth-order valence-corrected chi connectivity index (χ4v) is 5.38. The summed E-state index contributed by atoms with van der Waals surface area (Å²) in [6.45, 7) is 5.23. The van der Waals surface area contributed by atoms with Crippen molar-refractivity contribution in [1.29, 1.82) is 0 Å². The highest BCUT2D eigenvalue weighted by Gasteiger charge is 2.24. The largest absolute Gasteiger partial charge is 0.494 e. The molecule has 1 aliphatic rings. The van der Waals surface area contributed by atoms with E-state index in [1.807, 2.05) is 13.1 Å². The molecular formula is C29H32ClFN8O2. The first-order valence-electron chi connectivity index (χ1n) is 13.2. The normalized spacial score (nSPS) is 14.0. The first kappa shape index (κ1) is 28.3. The number of nitrogens with zero attached hydrogens (tertiary/aromatic N) is 6. The number of fused-ring (bicyclic) bond motifs is 1. The third-order valence-corrected chi connectivity index (χ3v) is 7.63. The Labute approximate surface area is 242 Å². The highest BCUT2D eigenvalue weighted by Crippen LogP contribution is 2.39. The molecule has 0 saturated carbocycles. The van der Waals surface area contributed by atoms with Gasteiger partial charge in [-0.3, -0.25) is 4.79 Å². The second-order valence-electron chi connectivity index (χ2n) is 10.1. The molecule has 5 rings (SSSR count). The summed E-state index contributed by atoms with van der Waals surface area (Å²) in [6.07, 6.45) is 7.59. The third kappa shape index (κ3) is 5.82. The zero-order valence-corrected chi connectivity index (χ0v) is 24.2. The minimum atomic E-state index is -0.605. The monoisotopic (exact) mass is 578 g/mol. The number of amides is 1. The number of halogens is 2. The van der Waals surface area contributed by atoms with Gasteiger partial charge in [0.15, 0.2) is 5.82 Å². The lowest BCUT2D eigenvalue weighted by molar-refractivity contribution is -0.111. The van der Waals surface area contributed by atoms with Crippen LogP contribution in [0.15, 0.2) is 49.4 Å². The summed E-state index contributed by atoms with van der Waals surface area (Å²) in [5, 5.41) is 7.24. The van der Waals surface area contributed by atoms with E-state index in [4.69, 9.17) is 16.3 Å². The molecule has 0 unspecified atom stereocenters. The molecule has 0 radical (unpaired) electrons. The van der Waals surface area contributed by atoms with Crippen molar-refractivity contribution in [2.24, 2.45) is 7.05 Å². The first-order chi connectivity index (χ1) is 19.7. The Morgan fingerprint density at radius 3 is 2.63 bits per heavy atom. The van der Waals surface area contributed by atoms with Gasteiger partial charge in [-0.15, -0.1) is 0 Å². The Hall–Kier alpha value is -4.22. The van der Waals surface area contributed by atoms with Crippen molar-refractivity contribution in [1.82, 2.24) is 24.4 Å². The van der Waals surface area contributed by atoms with Gasteiger partial charge in [0.25, 0.3) is 0 Å². The average molecular weight is 579 g/mol. The Bertz CT molecular complexity index is 1610. The van der Waals surface area contributed by atoms with E-state index < -0.39 is 5.82 Å². The van der Waals surface area contributed by atoms with Crippen LogP contribution in [0.4, 0.5) is 27.4 Å². The van der Waals surface area contributed by atoms with E-state index in [1.54, 1.807) is 36.2 Å². The van der Waals surface area contributed by atoms with Crippen molar-refractivity contribution in [2.75, 3.05) is 49.8 Å². The Morgan fingerprint density at radius 1 is 1.20 bits per heavy atom. The van der Waals surface area contributed by atoms with Crippen LogP contribution < -0.4 is 20.3 Å². The molecule has 0 aliphatic carbocycles. The molecule has 3 aromatic heterocycles. The van der Waals surface area contributed by atoms with Crippen LogP contribution in [0.2, 0.25) is 5.02 Å². The molecule has 4 aromatic rings. The summed E-state index contributed by atoms with van der Waals surface area (Å²) in [6, 6.07) is 5.88. The highest BCUT2D eigenvalue weighted by atomic mass is 35.5. The van der Waals surface area contributed by atoms with Crippen LogP contribution >= 0.6 is 11.6 Å². The number of aromatic nitrogens is 4. The van der Waals surface area contributed by atoms with Crippen molar-refractivity contribution in [3.63, 3.8) is 0 Å². The second kappa shape index (κ2) is 11.7. The number of carbonyl (C=O) groups is 1. The number of anilines is 4. The summed E-state index contributed by atoms with van der Waals surface area (Å²) in [5.41, 5.74) is 3.11. The standard InChI is InChI=1S/C29H32ClFN8O2/c1-6-26(40)34-22-12-23(25(41-5)13-24(22)39-9-7-18(8-10-39)37(2)3)35-29-33-15-21(31)27(36-29)17-11-19-20(30)16-38(4)28(19)32-14-17/h6,11-16,18H,1,7-10H2,2-5H3,(H,34,40)(H,33,35,36). The van der Waals surface area contributed by atoms with Gasteiger partial charge in [-0.1, -0.05) is 18.2 Å². The van der Waals surface area contributed by atoms with Crippen molar-refractivity contribution in [2.45, 2.75) is 18.9 Å². The summed E-state index contributed by atoms with van der Waals surface area (Å²) in [4.78, 5) is 29.8. The van der Waals surface area contributed by atoms with Gasteiger partial charge in [0.05, 0.1) is 35.4 Å². The van der Waals surface area contributed by atoms with Crippen molar-refractivity contribution in [3.05, 3.63) is 60.3 Å². The SMILES string of the molecule is C=CC(=O)Nc1cc(Nc2ncc(F)c(-c3cnc4c(c3)c(Cl)cn4C)n2)c(OC)cc1N1CCC(N(C)C)CC1. The number of methoxy groups -OCH3 is 1. The van der Waals surface area contributed by atoms with Gasteiger partial charge in [-0.2, -0.15) is 0 Å². The molecular weight excluding hydrogens is 547 g/mol. The summed E-state index contributed by atoms with van der Waals surface area (Å²) >= 11 is 6.34. The van der Waals surface area contributed by atoms with E-state index >= 15 is 0 Å². The smallest absolute Gasteiger partial charge is 0.247 e. The quantitative estimate of drug-likeness (QED) is 0.274. The Morgan fingerprint density at radius 2 is 1.95 bits per heavy atom. The predicted molar refractivity (Wildman–Crippen MR) is 161 cm³/mol. The molecule has 1 aromatic carbocycles. The lowest BCUT2D eigenvalue weighted by atomic mass is 10.0. The van der Waals surface area contributed by atoms with E-state index in [-0.39, 0.29) is 17.5 Å². The van der Waals surface area contributed by atoms with Gasteiger partial charge in [-0.05, 0) is 45.1 Å². The third-order valence-electron chi connectivity index (χ3n) is 7.33. The second-order valence-corrected chi connectivity index (χ2v) is 10.6. The lowest BCUT2D eigenvalue weighted by Gasteiger charge is -2.37. The Balaban J connectivity index is 1.49. The number of carbonyl (C=O) groups excluding carboxylic acids is 1. The van der Waals surface area contributed by atoms with Gasteiger partial charge in [-0.25, -0.2) is 19.3 Å². The molecule has 10 nitrogen and oxygen atoms in total. The minimum Gasteiger partial charge on any atom is -0.494 e. The van der Waals surface area contributed by atoms with Crippen molar-refractivity contribution >= 4 is 51.6 Å². The molecule has 1 aliphatic heterocycles. The van der Waals surface area contributed by atoms with Crippen LogP contribution in [0.5, 0.6) is 5.75 Å². The number of piperidine rings is 1. The van der Waals surface area contributed by atoms with E-state index in [0.29, 0.717) is 44.8 Å². The molecule has 1 fully saturated rings. The fraction of sp³-hybridized carbons (Fsp3) is 0.310. The molecule has 41 heavy (non-hydrogen) atoms. The number of rotatable bonds is 8. The molecule has 1 saturated heterocycles. The number of aryl methyl sites for hydroxylation is 1. The van der Waals surface area contributed by atoms with Gasteiger partial charge in [0.2, 0.25) is 11.9 Å². The van der Waals surface area contributed by atoms with Crippen LogP contribution in [-0.2, 0) is 11.8 Å². The zero-order chi connectivity index (χ0) is 29.3. The molecule has 2 N–H and O–H groups in total. The number of pyridine rings is 1. The summed E-state index contributed by atoms with van der Waals surface area (Å²) in [5.74, 6) is -0.293. The lowest BCUT2D eigenvalue weighted by Crippen LogP contribution is -2.42. The van der Waals surface area contributed by atoms with E-state index in [1.165, 1.54) is 6.08 Å². The molecule has 214 valence electrons. The molecule has 12 heteroatoms. The van der Waals surface area contributed by atoms with Gasteiger partial charge < -0.3 is 29.7 Å². The van der Waals surface area contributed by atoms with Crippen LogP contribution in [0, 0.1) is 5.82 Å². The van der Waals surface area contributed by atoms with Crippen LogP contribution in [-0.4, -0.2) is 70.7 Å². The number of benzene rings is 1. The fourth-order valence-electron chi connectivity index (χ4n) is 5.10. The molecule has 0 atom stereocenters. The summed E-state index contributed by atoms with van der Waals surface area (Å²) < 4.78 is 22.4. The number of ether oxygens (including phenoxy) is 1. The molecule has 1 amide bonds. The Kier molecular flexibility index (Phi) is 8.09. The van der Waals surface area contributed by atoms with Crippen LogP contribution in [0.3, 0.4) is 0 Å². The maximum atomic E-state index is 14.9. The maximum absolute atomic E-state index is 14.9. The van der Waals surface area contributed by atoms with E-state index in [2.05, 4.69) is 56.1 Å². The van der Waals surface area contributed by atoms with Gasteiger partial charge in [0, 0.05) is 55.6 Å². The van der Waals surface area contributed by atoms with E-state index in [0.717, 1.165) is 37.8 Å². The topological polar surface area (TPSA) is 100 Å². The van der Waals surface area contributed by atoms with Crippen LogP contribution in [0.1, 0.15) is 12.8 Å². The molecule has 0 spiro atoms. The highest BCUT2D eigenvalue weighted by molar-refractivity contribution is 6.35. The van der Waals surface area contributed by atoms with Crippen molar-refractivity contribution in [3.8, 4) is 17.0 Å². The van der Waals surface area contributed by atoms with Crippen LogP contribution in [0.25, 0.3) is 22.3 Å². The van der Waals surface area contributed by atoms with Gasteiger partial charge in [0.1, 0.15) is 17.1 Å². The molecule has 0 bridgehead atoms. The number of nitrogens with one attached hydrogen (secondary N) is 2. The minimum absolute atomic E-state index is 0.0661. The summed E-state index contributed by atoms with van der Waals surface area (Å²) in [7, 11) is 7.58. The van der Waals surface area contributed by atoms with E-state index in [9.17, 15) is 9.18 Å². The zero-order valence-electron chi connectivity index (χ0n) is 23.4. The first-order valence-corrected chi connectivity index (χ1v) is 13.5. The van der Waals surface area contributed by atoms with Crippen molar-refractivity contribution < 1.29 is 13.9 Å². The maximum Gasteiger partial charge on any atom is 0.247 e. The number of hydrogen-bond donors (Lipinski definition) is 2. The number of hydrogen-bond acceptors (Lipinski definition) is 8.